The van der Waals surface area contributed by atoms with Gasteiger partial charge >= 0.3 is 0 Å². The first kappa shape index (κ1) is 22.7. The molecule has 1 amide bonds. The van der Waals surface area contributed by atoms with Crippen LogP contribution in [0.1, 0.15) is 48.5 Å². The van der Waals surface area contributed by atoms with Crippen molar-refractivity contribution in [1.29, 1.82) is 0 Å². The number of amides is 1. The van der Waals surface area contributed by atoms with E-state index in [1.165, 1.54) is 24.2 Å². The summed E-state index contributed by atoms with van der Waals surface area (Å²) in [6.45, 7) is 7.66. The van der Waals surface area contributed by atoms with Crippen LogP contribution in [-0.2, 0) is 4.79 Å². The number of nitrogens with zero attached hydrogens (tertiary/aromatic N) is 3. The van der Waals surface area contributed by atoms with Gasteiger partial charge in [-0.3, -0.25) is 4.79 Å². The van der Waals surface area contributed by atoms with Gasteiger partial charge < -0.3 is 14.9 Å². The zero-order valence-corrected chi connectivity index (χ0v) is 18.0. The van der Waals surface area contributed by atoms with Gasteiger partial charge in [-0.15, -0.1) is 10.2 Å². The Morgan fingerprint density at radius 1 is 1.24 bits per heavy atom. The van der Waals surface area contributed by atoms with Crippen LogP contribution in [0.3, 0.4) is 0 Å². The summed E-state index contributed by atoms with van der Waals surface area (Å²) in [6.07, 6.45) is 2.64. The van der Waals surface area contributed by atoms with Crippen LogP contribution in [0.4, 0.5) is 0 Å². The minimum Gasteiger partial charge on any atom is -0.386 e. The van der Waals surface area contributed by atoms with Gasteiger partial charge in [-0.05, 0) is 39.5 Å². The maximum atomic E-state index is 9.80. The smallest absolute Gasteiger partial charge is 0.207 e. The van der Waals surface area contributed by atoms with Gasteiger partial charge in [0.1, 0.15) is 16.1 Å². The fourth-order valence-corrected chi connectivity index (χ4v) is 3.35. The zero-order chi connectivity index (χ0) is 21.2. The van der Waals surface area contributed by atoms with Crippen LogP contribution in [0.15, 0.2) is 40.9 Å². The molecule has 0 bridgehead atoms. The van der Waals surface area contributed by atoms with E-state index in [1.54, 1.807) is 6.92 Å². The Morgan fingerprint density at radius 2 is 1.93 bits per heavy atom. The van der Waals surface area contributed by atoms with E-state index in [9.17, 15) is 4.79 Å². The molecule has 8 heteroatoms. The minimum atomic E-state index is -0.476. The van der Waals surface area contributed by atoms with Gasteiger partial charge in [0.2, 0.25) is 6.41 Å². The molecule has 4 rings (SSSR count). The molecule has 0 saturated heterocycles. The molecule has 1 aliphatic carbocycles. The molecule has 1 atom stereocenters. The third-order valence-corrected chi connectivity index (χ3v) is 5.27. The summed E-state index contributed by atoms with van der Waals surface area (Å²) in [4.78, 5) is 9.80. The van der Waals surface area contributed by atoms with E-state index < -0.39 is 6.10 Å². The lowest BCUT2D eigenvalue weighted by Crippen LogP contribution is -2.39. The van der Waals surface area contributed by atoms with E-state index >= 15 is 0 Å². The average Bonchev–Trinajstić information content (AvgIpc) is 3.31. The predicted molar refractivity (Wildman–Crippen MR) is 113 cm³/mol. The number of carbonyl (C=O) groups excluding carboxylic acids is 1. The standard InChI is InChI=1S/C10H9NO.C6H11NO.C5H8N2OS/c1-8-7-10(12-11-8)9-5-3-2-4-6-9;1-5-2-6(3-5)7-4-8;1-3(8)5-7-6-4(2)9-5/h2-7H,1H3;4-6H,2-3H2,1H3,(H,7,8);3,8H,1-2H3. The van der Waals surface area contributed by atoms with Crippen molar-refractivity contribution in [3.63, 3.8) is 0 Å². The summed E-state index contributed by atoms with van der Waals surface area (Å²) in [5.74, 6) is 1.65. The van der Waals surface area contributed by atoms with E-state index in [1.807, 2.05) is 50.2 Å². The highest BCUT2D eigenvalue weighted by molar-refractivity contribution is 7.11. The van der Waals surface area contributed by atoms with E-state index in [0.29, 0.717) is 11.0 Å². The van der Waals surface area contributed by atoms with Gasteiger partial charge in [0.15, 0.2) is 5.76 Å². The third-order valence-electron chi connectivity index (χ3n) is 4.26. The highest BCUT2D eigenvalue weighted by Gasteiger charge is 2.23. The first-order valence-electron chi connectivity index (χ1n) is 9.55. The summed E-state index contributed by atoms with van der Waals surface area (Å²) in [6, 6.07) is 12.4. The number of nitrogens with one attached hydrogen (secondary N) is 1. The van der Waals surface area contributed by atoms with Crippen molar-refractivity contribution in [2.75, 3.05) is 0 Å². The quantitative estimate of drug-likeness (QED) is 0.622. The van der Waals surface area contributed by atoms with E-state index in [4.69, 9.17) is 9.63 Å². The summed E-state index contributed by atoms with van der Waals surface area (Å²) in [5.41, 5.74) is 1.98. The lowest BCUT2D eigenvalue weighted by Gasteiger charge is -2.31. The topological polar surface area (TPSA) is 101 Å². The fraction of sp³-hybridized carbons (Fsp3) is 0.429. The summed E-state index contributed by atoms with van der Waals surface area (Å²) in [5, 5.41) is 24.6. The molecular formula is C21H28N4O3S. The first-order chi connectivity index (χ1) is 13.9. The van der Waals surface area contributed by atoms with Gasteiger partial charge in [-0.1, -0.05) is 53.7 Å². The molecule has 1 aliphatic rings. The highest BCUT2D eigenvalue weighted by atomic mass is 32.1. The van der Waals surface area contributed by atoms with Gasteiger partial charge in [0.25, 0.3) is 0 Å². The second-order valence-corrected chi connectivity index (χ2v) is 8.31. The highest BCUT2D eigenvalue weighted by Crippen LogP contribution is 2.25. The molecule has 1 aromatic carbocycles. The van der Waals surface area contributed by atoms with Crippen LogP contribution in [0, 0.1) is 19.8 Å². The number of hydrogen-bond acceptors (Lipinski definition) is 7. The molecule has 0 spiro atoms. The van der Waals surface area contributed by atoms with Crippen molar-refractivity contribution in [2.24, 2.45) is 5.92 Å². The first-order valence-corrected chi connectivity index (χ1v) is 10.4. The predicted octanol–water partition coefficient (Wildman–Crippen LogP) is 4.08. The molecule has 2 heterocycles. The number of aryl methyl sites for hydroxylation is 2. The van der Waals surface area contributed by atoms with Crippen LogP contribution < -0.4 is 5.32 Å². The molecule has 0 aliphatic heterocycles. The Bertz CT molecular complexity index is 858. The number of aliphatic hydroxyl groups excluding tert-OH is 1. The largest absolute Gasteiger partial charge is 0.386 e. The van der Waals surface area contributed by atoms with E-state index in [-0.39, 0.29) is 0 Å². The molecule has 1 unspecified atom stereocenters. The molecule has 2 N–H and O–H groups in total. The minimum absolute atomic E-state index is 0.476. The Balaban J connectivity index is 0.000000160. The van der Waals surface area contributed by atoms with Crippen LogP contribution in [0.2, 0.25) is 0 Å². The average molecular weight is 417 g/mol. The molecule has 1 fully saturated rings. The zero-order valence-electron chi connectivity index (χ0n) is 17.2. The van der Waals surface area contributed by atoms with E-state index in [2.05, 4.69) is 27.6 Å². The Labute approximate surface area is 175 Å². The van der Waals surface area contributed by atoms with Crippen LogP contribution >= 0.6 is 11.3 Å². The summed E-state index contributed by atoms with van der Waals surface area (Å²) >= 11 is 1.42. The molecule has 156 valence electrons. The second-order valence-electron chi connectivity index (χ2n) is 7.09. The van der Waals surface area contributed by atoms with Gasteiger partial charge in [0, 0.05) is 17.7 Å². The maximum Gasteiger partial charge on any atom is 0.207 e. The van der Waals surface area contributed by atoms with Crippen molar-refractivity contribution < 1.29 is 14.4 Å². The normalized spacial score (nSPS) is 18.2. The van der Waals surface area contributed by atoms with Crippen molar-refractivity contribution in [3.05, 3.63) is 52.1 Å². The monoisotopic (exact) mass is 416 g/mol. The fourth-order valence-electron chi connectivity index (χ4n) is 2.72. The number of hydrogen-bond donors (Lipinski definition) is 2. The number of rotatable bonds is 4. The van der Waals surface area contributed by atoms with Gasteiger partial charge in [-0.25, -0.2) is 0 Å². The summed E-state index contributed by atoms with van der Waals surface area (Å²) in [7, 11) is 0. The molecular weight excluding hydrogens is 388 g/mol. The lowest BCUT2D eigenvalue weighted by atomic mass is 9.82. The lowest BCUT2D eigenvalue weighted by molar-refractivity contribution is -0.110. The van der Waals surface area contributed by atoms with Gasteiger partial charge in [-0.2, -0.15) is 0 Å². The van der Waals surface area contributed by atoms with Crippen LogP contribution in [0.25, 0.3) is 11.3 Å². The van der Waals surface area contributed by atoms with Crippen molar-refractivity contribution in [3.8, 4) is 11.3 Å². The number of benzene rings is 1. The van der Waals surface area contributed by atoms with Crippen LogP contribution in [-0.4, -0.2) is 32.9 Å². The maximum absolute atomic E-state index is 9.80. The number of carbonyl (C=O) groups is 1. The van der Waals surface area contributed by atoms with Crippen molar-refractivity contribution >= 4 is 17.7 Å². The molecule has 29 heavy (non-hydrogen) atoms. The second kappa shape index (κ2) is 11.4. The Hall–Kier alpha value is -2.58. The molecule has 3 aromatic rings. The van der Waals surface area contributed by atoms with Crippen molar-refractivity contribution in [1.82, 2.24) is 20.7 Å². The Morgan fingerprint density at radius 3 is 2.34 bits per heavy atom. The number of aliphatic hydroxyl groups is 1. The van der Waals surface area contributed by atoms with Crippen LogP contribution in [0.5, 0.6) is 0 Å². The van der Waals surface area contributed by atoms with E-state index in [0.717, 1.165) is 34.4 Å². The summed E-state index contributed by atoms with van der Waals surface area (Å²) < 4.78 is 5.10. The Kier molecular flexibility index (Phi) is 8.95. The molecule has 7 nitrogen and oxygen atoms in total. The molecule has 1 saturated carbocycles. The molecule has 0 radical (unpaired) electrons. The SMILES string of the molecule is CC1CC(NC=O)C1.Cc1cc(-c2ccccc2)on1.Cc1nnc(C(C)O)s1. The van der Waals surface area contributed by atoms with Crippen molar-refractivity contribution in [2.45, 2.75) is 52.7 Å². The molecule has 2 aromatic heterocycles. The number of aromatic nitrogens is 3. The van der Waals surface area contributed by atoms with Gasteiger partial charge in [0.05, 0.1) is 5.69 Å². The third kappa shape index (κ3) is 7.75.